The van der Waals surface area contributed by atoms with Gasteiger partial charge in [0, 0.05) is 12.5 Å². The van der Waals surface area contributed by atoms with Crippen LogP contribution >= 0.6 is 0 Å². The van der Waals surface area contributed by atoms with E-state index in [1.807, 2.05) is 12.1 Å². The van der Waals surface area contributed by atoms with Crippen LogP contribution in [0.15, 0.2) is 24.3 Å². The first-order valence-electron chi connectivity index (χ1n) is 6.05. The Balaban J connectivity index is 2.09. The molecule has 0 aromatic heterocycles. The van der Waals surface area contributed by atoms with Gasteiger partial charge in [0.2, 0.25) is 0 Å². The van der Waals surface area contributed by atoms with Gasteiger partial charge in [-0.1, -0.05) is 18.2 Å². The monoisotopic (exact) mass is 259 g/mol. The molecule has 1 aliphatic heterocycles. The largest absolute Gasteiger partial charge is 0.484 e. The van der Waals surface area contributed by atoms with Crippen molar-refractivity contribution in [3.63, 3.8) is 0 Å². The van der Waals surface area contributed by atoms with Crippen LogP contribution in [0.1, 0.15) is 24.3 Å². The molecule has 0 aliphatic carbocycles. The molecule has 1 saturated heterocycles. The first-order chi connectivity index (χ1) is 8.56. The van der Waals surface area contributed by atoms with Gasteiger partial charge in [-0.2, -0.15) is 13.2 Å². The van der Waals surface area contributed by atoms with Crippen LogP contribution in [0.4, 0.5) is 13.2 Å². The molecule has 0 bridgehead atoms. The molecule has 1 aromatic carbocycles. The smallest absolute Gasteiger partial charge is 0.422 e. The maximum atomic E-state index is 12.2. The number of piperidine rings is 1. The highest BCUT2D eigenvalue weighted by atomic mass is 19.4. The second kappa shape index (κ2) is 5.61. The fourth-order valence-electron chi connectivity index (χ4n) is 2.23. The molecule has 0 spiro atoms. The summed E-state index contributed by atoms with van der Waals surface area (Å²) in [6, 6.07) is 6.99. The molecule has 1 heterocycles. The zero-order chi connectivity index (χ0) is 13.0. The molecule has 1 aromatic rings. The summed E-state index contributed by atoms with van der Waals surface area (Å²) in [7, 11) is 0. The Morgan fingerprint density at radius 1 is 1.28 bits per heavy atom. The van der Waals surface area contributed by atoms with Crippen LogP contribution in [0.25, 0.3) is 0 Å². The minimum atomic E-state index is -4.29. The maximum Gasteiger partial charge on any atom is 0.422 e. The molecule has 1 N–H and O–H groups in total. The van der Waals surface area contributed by atoms with E-state index in [0.717, 1.165) is 31.5 Å². The Morgan fingerprint density at radius 2 is 2.06 bits per heavy atom. The Bertz CT molecular complexity index is 386. The highest BCUT2D eigenvalue weighted by Gasteiger charge is 2.29. The van der Waals surface area contributed by atoms with E-state index in [9.17, 15) is 13.2 Å². The van der Waals surface area contributed by atoms with E-state index in [1.54, 1.807) is 12.1 Å². The van der Waals surface area contributed by atoms with Crippen LogP contribution in [0.2, 0.25) is 0 Å². The second-order valence-corrected chi connectivity index (χ2v) is 4.48. The molecule has 1 unspecified atom stereocenters. The van der Waals surface area contributed by atoms with Crippen molar-refractivity contribution in [3.05, 3.63) is 29.8 Å². The molecule has 0 saturated carbocycles. The number of rotatable bonds is 3. The molecular formula is C13H16F3NO. The Kier molecular flexibility index (Phi) is 4.11. The van der Waals surface area contributed by atoms with Crippen molar-refractivity contribution in [2.75, 3.05) is 19.7 Å². The normalized spacial score (nSPS) is 20.7. The van der Waals surface area contributed by atoms with Crippen LogP contribution in [-0.4, -0.2) is 25.9 Å². The Labute approximate surface area is 104 Å². The van der Waals surface area contributed by atoms with Gasteiger partial charge in [0.1, 0.15) is 5.75 Å². The summed E-state index contributed by atoms with van der Waals surface area (Å²) in [6.45, 7) is 0.540. The van der Waals surface area contributed by atoms with Gasteiger partial charge in [-0.25, -0.2) is 0 Å². The summed E-state index contributed by atoms with van der Waals surface area (Å²) in [5, 5.41) is 3.26. The summed E-state index contributed by atoms with van der Waals surface area (Å²) >= 11 is 0. The van der Waals surface area contributed by atoms with Crippen LogP contribution < -0.4 is 10.1 Å². The van der Waals surface area contributed by atoms with Gasteiger partial charge in [-0.15, -0.1) is 0 Å². The van der Waals surface area contributed by atoms with E-state index >= 15 is 0 Å². The predicted molar refractivity (Wildman–Crippen MR) is 62.8 cm³/mol. The number of alkyl halides is 3. The molecule has 2 nitrogen and oxygen atoms in total. The minimum Gasteiger partial charge on any atom is -0.484 e. The number of hydrogen-bond donors (Lipinski definition) is 1. The molecule has 1 atom stereocenters. The number of benzene rings is 1. The lowest BCUT2D eigenvalue weighted by Gasteiger charge is -2.25. The quantitative estimate of drug-likeness (QED) is 0.900. The molecule has 1 fully saturated rings. The van der Waals surface area contributed by atoms with Crippen LogP contribution in [-0.2, 0) is 0 Å². The third-order valence-corrected chi connectivity index (χ3v) is 3.05. The SMILES string of the molecule is FC(F)(F)COc1ccccc1C1CCCNC1. The fraction of sp³-hybridized carbons (Fsp3) is 0.538. The average molecular weight is 259 g/mol. The lowest BCUT2D eigenvalue weighted by Crippen LogP contribution is -2.29. The van der Waals surface area contributed by atoms with Crippen molar-refractivity contribution in [2.45, 2.75) is 24.9 Å². The third-order valence-electron chi connectivity index (χ3n) is 3.05. The number of hydrogen-bond acceptors (Lipinski definition) is 2. The van der Waals surface area contributed by atoms with Crippen molar-refractivity contribution in [2.24, 2.45) is 0 Å². The van der Waals surface area contributed by atoms with Gasteiger partial charge in [0.25, 0.3) is 0 Å². The van der Waals surface area contributed by atoms with Crippen molar-refractivity contribution in [1.82, 2.24) is 5.32 Å². The number of nitrogens with one attached hydrogen (secondary N) is 1. The van der Waals surface area contributed by atoms with E-state index in [4.69, 9.17) is 4.74 Å². The molecule has 0 radical (unpaired) electrons. The standard InChI is InChI=1S/C13H16F3NO/c14-13(15,16)9-18-12-6-2-1-5-11(12)10-4-3-7-17-8-10/h1-2,5-6,10,17H,3-4,7-9H2. The van der Waals surface area contributed by atoms with E-state index in [0.29, 0.717) is 5.75 Å². The predicted octanol–water partition coefficient (Wildman–Crippen LogP) is 3.09. The summed E-state index contributed by atoms with van der Waals surface area (Å²) in [4.78, 5) is 0. The Morgan fingerprint density at radius 3 is 2.72 bits per heavy atom. The lowest BCUT2D eigenvalue weighted by atomic mass is 9.91. The van der Waals surface area contributed by atoms with E-state index in [-0.39, 0.29) is 5.92 Å². The maximum absolute atomic E-state index is 12.2. The van der Waals surface area contributed by atoms with E-state index in [2.05, 4.69) is 5.32 Å². The third kappa shape index (κ3) is 3.63. The zero-order valence-corrected chi connectivity index (χ0v) is 9.96. The number of para-hydroxylation sites is 1. The molecule has 5 heteroatoms. The number of ether oxygens (including phenoxy) is 1. The summed E-state index contributed by atoms with van der Waals surface area (Å²) < 4.78 is 41.4. The minimum absolute atomic E-state index is 0.239. The summed E-state index contributed by atoms with van der Waals surface area (Å²) in [5.74, 6) is 0.590. The van der Waals surface area contributed by atoms with Crippen LogP contribution in [0, 0.1) is 0 Å². The molecule has 0 amide bonds. The van der Waals surface area contributed by atoms with E-state index < -0.39 is 12.8 Å². The molecule has 100 valence electrons. The van der Waals surface area contributed by atoms with Crippen molar-refractivity contribution < 1.29 is 17.9 Å². The molecule has 1 aliphatic rings. The topological polar surface area (TPSA) is 21.3 Å². The van der Waals surface area contributed by atoms with Crippen LogP contribution in [0.5, 0.6) is 5.75 Å². The number of halogens is 3. The van der Waals surface area contributed by atoms with Gasteiger partial charge in [0.05, 0.1) is 0 Å². The molecule has 2 rings (SSSR count). The fourth-order valence-corrected chi connectivity index (χ4v) is 2.23. The van der Waals surface area contributed by atoms with Crippen molar-refractivity contribution >= 4 is 0 Å². The van der Waals surface area contributed by atoms with Gasteiger partial charge in [0.15, 0.2) is 6.61 Å². The zero-order valence-electron chi connectivity index (χ0n) is 9.96. The van der Waals surface area contributed by atoms with E-state index in [1.165, 1.54) is 0 Å². The molecule has 18 heavy (non-hydrogen) atoms. The van der Waals surface area contributed by atoms with Crippen molar-refractivity contribution in [3.8, 4) is 5.75 Å². The highest BCUT2D eigenvalue weighted by Crippen LogP contribution is 2.31. The Hall–Kier alpha value is -1.23. The highest BCUT2D eigenvalue weighted by molar-refractivity contribution is 5.36. The second-order valence-electron chi connectivity index (χ2n) is 4.48. The van der Waals surface area contributed by atoms with Crippen molar-refractivity contribution in [1.29, 1.82) is 0 Å². The summed E-state index contributed by atoms with van der Waals surface area (Å²) in [6.07, 6.45) is -2.27. The van der Waals surface area contributed by atoms with Crippen LogP contribution in [0.3, 0.4) is 0 Å². The molecular weight excluding hydrogens is 243 g/mol. The first-order valence-corrected chi connectivity index (χ1v) is 6.05. The van der Waals surface area contributed by atoms with Gasteiger partial charge < -0.3 is 10.1 Å². The van der Waals surface area contributed by atoms with Gasteiger partial charge in [-0.3, -0.25) is 0 Å². The average Bonchev–Trinajstić information content (AvgIpc) is 2.37. The van der Waals surface area contributed by atoms with Gasteiger partial charge in [-0.05, 0) is 31.0 Å². The summed E-state index contributed by atoms with van der Waals surface area (Å²) in [5.41, 5.74) is 0.869. The van der Waals surface area contributed by atoms with Gasteiger partial charge >= 0.3 is 6.18 Å². The first kappa shape index (κ1) is 13.2. The lowest BCUT2D eigenvalue weighted by molar-refractivity contribution is -0.153.